The molecule has 0 radical (unpaired) electrons. The zero-order chi connectivity index (χ0) is 18.7. The van der Waals surface area contributed by atoms with E-state index >= 15 is 0 Å². The lowest BCUT2D eigenvalue weighted by Gasteiger charge is -2.23. The molecule has 26 heavy (non-hydrogen) atoms. The van der Waals surface area contributed by atoms with Crippen LogP contribution in [0.2, 0.25) is 0 Å². The lowest BCUT2D eigenvalue weighted by Crippen LogP contribution is -2.27. The van der Waals surface area contributed by atoms with Crippen LogP contribution < -0.4 is 5.32 Å². The smallest absolute Gasteiger partial charge is 0.225 e. The quantitative estimate of drug-likeness (QED) is 0.764. The Bertz CT molecular complexity index is 887. The molecule has 3 rings (SSSR count). The Morgan fingerprint density at radius 2 is 1.85 bits per heavy atom. The summed E-state index contributed by atoms with van der Waals surface area (Å²) in [6, 6.07) is 11.9. The highest BCUT2D eigenvalue weighted by atomic mass is 16.1. The predicted octanol–water partition coefficient (Wildman–Crippen LogP) is 3.61. The van der Waals surface area contributed by atoms with Crippen molar-refractivity contribution < 1.29 is 4.79 Å². The van der Waals surface area contributed by atoms with E-state index in [2.05, 4.69) is 36.3 Å². The van der Waals surface area contributed by atoms with Crippen molar-refractivity contribution in [1.29, 1.82) is 0 Å². The average molecular weight is 351 g/mol. The summed E-state index contributed by atoms with van der Waals surface area (Å²) >= 11 is 0. The van der Waals surface area contributed by atoms with Gasteiger partial charge in [-0.3, -0.25) is 9.48 Å². The average Bonchev–Trinajstić information content (AvgIpc) is 3.19. The van der Waals surface area contributed by atoms with E-state index in [0.29, 0.717) is 12.8 Å². The lowest BCUT2D eigenvalue weighted by atomic mass is 10.1. The zero-order valence-corrected chi connectivity index (χ0v) is 15.7. The maximum atomic E-state index is 12.6. The van der Waals surface area contributed by atoms with Crippen LogP contribution in [-0.4, -0.2) is 25.5 Å². The molecular formula is C20H25N5O. The van der Waals surface area contributed by atoms with Crippen LogP contribution >= 0.6 is 0 Å². The highest BCUT2D eigenvalue weighted by Gasteiger charge is 2.23. The minimum absolute atomic E-state index is 0.0330. The number of amides is 1. The highest BCUT2D eigenvalue weighted by Crippen LogP contribution is 2.31. The molecule has 6 nitrogen and oxygen atoms in total. The summed E-state index contributed by atoms with van der Waals surface area (Å²) in [6.45, 7) is 6.21. The summed E-state index contributed by atoms with van der Waals surface area (Å²) in [5.74, 6) is 0.702. The van der Waals surface area contributed by atoms with Gasteiger partial charge in [-0.15, -0.1) is 0 Å². The summed E-state index contributed by atoms with van der Waals surface area (Å²) in [6.07, 6.45) is 4.60. The molecule has 136 valence electrons. The molecule has 3 aromatic rings. The van der Waals surface area contributed by atoms with Gasteiger partial charge in [0.25, 0.3) is 0 Å². The molecule has 6 heteroatoms. The summed E-state index contributed by atoms with van der Waals surface area (Å²) in [5, 5.41) is 11.7. The molecule has 2 aromatic heterocycles. The largest absolute Gasteiger partial charge is 0.310 e. The van der Waals surface area contributed by atoms with Crippen molar-refractivity contribution in [2.24, 2.45) is 7.05 Å². The first-order valence-electron chi connectivity index (χ1n) is 8.77. The van der Waals surface area contributed by atoms with E-state index in [0.717, 1.165) is 22.6 Å². The van der Waals surface area contributed by atoms with Gasteiger partial charge in [0.2, 0.25) is 5.91 Å². The van der Waals surface area contributed by atoms with Crippen LogP contribution in [0.1, 0.15) is 32.9 Å². The second kappa shape index (κ2) is 7.15. The Hall–Kier alpha value is -2.89. The molecule has 1 amide bonds. The van der Waals surface area contributed by atoms with Crippen LogP contribution in [0.5, 0.6) is 0 Å². The third kappa shape index (κ3) is 3.85. The Morgan fingerprint density at radius 1 is 1.12 bits per heavy atom. The number of nitrogens with zero attached hydrogens (tertiary/aromatic N) is 4. The van der Waals surface area contributed by atoms with Crippen molar-refractivity contribution in [2.75, 3.05) is 5.32 Å². The van der Waals surface area contributed by atoms with Gasteiger partial charge < -0.3 is 5.32 Å². The first-order valence-corrected chi connectivity index (χ1v) is 8.77. The molecule has 2 heterocycles. The summed E-state index contributed by atoms with van der Waals surface area (Å²) in [5.41, 5.74) is 2.75. The van der Waals surface area contributed by atoms with E-state index in [1.54, 1.807) is 10.9 Å². The van der Waals surface area contributed by atoms with Gasteiger partial charge in [-0.1, -0.05) is 30.3 Å². The zero-order valence-electron chi connectivity index (χ0n) is 15.7. The molecule has 0 bridgehead atoms. The number of hydrogen-bond acceptors (Lipinski definition) is 3. The van der Waals surface area contributed by atoms with Gasteiger partial charge in [0.1, 0.15) is 5.82 Å². The second-order valence-corrected chi connectivity index (χ2v) is 7.35. The van der Waals surface area contributed by atoms with Crippen LogP contribution in [-0.2, 0) is 23.8 Å². The van der Waals surface area contributed by atoms with Crippen LogP contribution in [0.3, 0.4) is 0 Å². The number of aryl methyl sites for hydroxylation is 2. The Morgan fingerprint density at radius 3 is 2.46 bits per heavy atom. The van der Waals surface area contributed by atoms with Gasteiger partial charge in [-0.25, -0.2) is 4.68 Å². The Kier molecular flexibility index (Phi) is 4.93. The molecule has 0 saturated carbocycles. The number of carbonyl (C=O) groups excluding carboxylic acids is 1. The topological polar surface area (TPSA) is 64.7 Å². The number of aromatic nitrogens is 4. The molecule has 0 aliphatic rings. The van der Waals surface area contributed by atoms with Gasteiger partial charge in [-0.05, 0) is 38.8 Å². The predicted molar refractivity (Wildman–Crippen MR) is 103 cm³/mol. The van der Waals surface area contributed by atoms with Crippen LogP contribution in [0.15, 0.2) is 48.8 Å². The van der Waals surface area contributed by atoms with Gasteiger partial charge in [0.15, 0.2) is 0 Å². The summed E-state index contributed by atoms with van der Waals surface area (Å²) in [4.78, 5) is 12.6. The molecule has 0 spiro atoms. The van der Waals surface area contributed by atoms with Gasteiger partial charge in [-0.2, -0.15) is 10.2 Å². The molecule has 0 fully saturated rings. The van der Waals surface area contributed by atoms with E-state index in [-0.39, 0.29) is 11.4 Å². The Balaban J connectivity index is 1.84. The minimum Gasteiger partial charge on any atom is -0.310 e. The standard InChI is InChI=1S/C20H25N5O/c1-20(2,3)25-19(17(14-22-25)15-8-6-5-7-9-15)23-18(26)11-10-16-12-13-21-24(16)4/h5-9,12-14H,10-11H2,1-4H3,(H,23,26). The van der Waals surface area contributed by atoms with Crippen molar-refractivity contribution in [3.8, 4) is 11.1 Å². The van der Waals surface area contributed by atoms with Crippen molar-refractivity contribution in [2.45, 2.75) is 39.2 Å². The summed E-state index contributed by atoms with van der Waals surface area (Å²) < 4.78 is 3.67. The van der Waals surface area contributed by atoms with Gasteiger partial charge >= 0.3 is 0 Å². The maximum Gasteiger partial charge on any atom is 0.225 e. The SMILES string of the molecule is Cn1nccc1CCC(=O)Nc1c(-c2ccccc2)cnn1C(C)(C)C. The van der Waals surface area contributed by atoms with Crippen molar-refractivity contribution in [3.63, 3.8) is 0 Å². The van der Waals surface area contributed by atoms with E-state index in [4.69, 9.17) is 0 Å². The van der Waals surface area contributed by atoms with Crippen LogP contribution in [0.4, 0.5) is 5.82 Å². The monoisotopic (exact) mass is 351 g/mol. The van der Waals surface area contributed by atoms with E-state index in [9.17, 15) is 4.79 Å². The fourth-order valence-electron chi connectivity index (χ4n) is 2.89. The van der Waals surface area contributed by atoms with Crippen LogP contribution in [0, 0.1) is 0 Å². The number of rotatable bonds is 5. The van der Waals surface area contributed by atoms with Gasteiger partial charge in [0.05, 0.1) is 11.7 Å². The Labute approximate surface area is 153 Å². The normalized spacial score (nSPS) is 11.5. The number of anilines is 1. The second-order valence-electron chi connectivity index (χ2n) is 7.35. The number of hydrogen-bond donors (Lipinski definition) is 1. The van der Waals surface area contributed by atoms with Crippen molar-refractivity contribution >= 4 is 11.7 Å². The highest BCUT2D eigenvalue weighted by molar-refractivity contribution is 5.94. The molecule has 0 aliphatic heterocycles. The van der Waals surface area contributed by atoms with E-state index < -0.39 is 0 Å². The van der Waals surface area contributed by atoms with Crippen LogP contribution in [0.25, 0.3) is 11.1 Å². The lowest BCUT2D eigenvalue weighted by molar-refractivity contribution is -0.116. The molecular weight excluding hydrogens is 326 g/mol. The summed E-state index contributed by atoms with van der Waals surface area (Å²) in [7, 11) is 1.88. The fourth-order valence-corrected chi connectivity index (χ4v) is 2.89. The number of benzene rings is 1. The number of carbonyl (C=O) groups is 1. The van der Waals surface area contributed by atoms with Crippen molar-refractivity contribution in [3.05, 3.63) is 54.5 Å². The first kappa shape index (κ1) is 17.9. The van der Waals surface area contributed by atoms with E-state index in [1.807, 2.05) is 54.3 Å². The first-order chi connectivity index (χ1) is 12.4. The fraction of sp³-hybridized carbons (Fsp3) is 0.350. The molecule has 0 unspecified atom stereocenters. The maximum absolute atomic E-state index is 12.6. The number of nitrogens with one attached hydrogen (secondary N) is 1. The minimum atomic E-state index is -0.238. The molecule has 1 N–H and O–H groups in total. The van der Waals surface area contributed by atoms with Crippen molar-refractivity contribution in [1.82, 2.24) is 19.6 Å². The third-order valence-electron chi connectivity index (χ3n) is 4.28. The van der Waals surface area contributed by atoms with E-state index in [1.165, 1.54) is 0 Å². The third-order valence-corrected chi connectivity index (χ3v) is 4.28. The molecule has 1 aromatic carbocycles. The molecule has 0 saturated heterocycles. The molecule has 0 aliphatic carbocycles. The van der Waals surface area contributed by atoms with Gasteiger partial charge in [0, 0.05) is 30.9 Å². The molecule has 0 atom stereocenters.